The number of hydrogen-bond donors (Lipinski definition) is 0. The van der Waals surface area contributed by atoms with Crippen LogP contribution in [0.1, 0.15) is 0 Å². The molecule has 9 rings (SSSR count). The molecule has 0 aliphatic carbocycles. The number of hydrogen-bond acceptors (Lipinski definition) is 4. The van der Waals surface area contributed by atoms with Crippen LogP contribution in [0.3, 0.4) is 0 Å². The predicted molar refractivity (Wildman–Crippen MR) is 172 cm³/mol. The Morgan fingerprint density at radius 2 is 1.47 bits per heavy atom. The van der Waals surface area contributed by atoms with E-state index in [0.29, 0.717) is 0 Å². The van der Waals surface area contributed by atoms with Crippen LogP contribution >= 0.6 is 0 Å². The van der Waals surface area contributed by atoms with E-state index in [1.807, 2.05) is 86.0 Å². The molecule has 6 nitrogen and oxygen atoms in total. The quantitative estimate of drug-likeness (QED) is 0.217. The molecule has 0 atom stereocenters. The normalized spacial score (nSPS) is 11.8. The number of rotatable bonds is 4. The average molecular weight is 557 g/mol. The van der Waals surface area contributed by atoms with Crippen molar-refractivity contribution in [3.63, 3.8) is 0 Å². The van der Waals surface area contributed by atoms with Gasteiger partial charge in [0.25, 0.3) is 0 Å². The molecule has 0 aliphatic rings. The van der Waals surface area contributed by atoms with Gasteiger partial charge in [-0.25, -0.2) is 9.97 Å². The van der Waals surface area contributed by atoms with Gasteiger partial charge >= 0.3 is 0 Å². The number of aryl methyl sites for hydroxylation is 1. The van der Waals surface area contributed by atoms with Gasteiger partial charge in [-0.3, -0.25) is 4.57 Å². The molecule has 204 valence electrons. The van der Waals surface area contributed by atoms with Crippen molar-refractivity contribution < 1.29 is 9.15 Å². The minimum atomic E-state index is 0.724. The van der Waals surface area contributed by atoms with Gasteiger partial charge < -0.3 is 13.7 Å². The zero-order valence-electron chi connectivity index (χ0n) is 23.2. The fourth-order valence-electron chi connectivity index (χ4n) is 6.28. The second-order valence-corrected chi connectivity index (χ2v) is 10.8. The molecule has 4 heterocycles. The van der Waals surface area contributed by atoms with Gasteiger partial charge in [0.1, 0.15) is 28.6 Å². The van der Waals surface area contributed by atoms with Crippen LogP contribution in [0.2, 0.25) is 0 Å². The molecule has 0 bridgehead atoms. The lowest BCUT2D eigenvalue weighted by Gasteiger charge is -2.11. The highest BCUT2D eigenvalue weighted by Gasteiger charge is 2.20. The van der Waals surface area contributed by atoms with E-state index >= 15 is 0 Å². The first-order chi connectivity index (χ1) is 21.2. The number of aromatic nitrogens is 4. The van der Waals surface area contributed by atoms with E-state index < -0.39 is 0 Å². The Bertz CT molecular complexity index is 2520. The zero-order chi connectivity index (χ0) is 28.5. The van der Waals surface area contributed by atoms with Gasteiger partial charge in [-0.05, 0) is 60.7 Å². The first kappa shape index (κ1) is 23.8. The number of nitrogens with zero attached hydrogens (tertiary/aromatic N) is 4. The van der Waals surface area contributed by atoms with Gasteiger partial charge in [0.15, 0.2) is 5.58 Å². The molecule has 6 heteroatoms. The van der Waals surface area contributed by atoms with E-state index in [0.717, 1.165) is 83.5 Å². The summed E-state index contributed by atoms with van der Waals surface area (Å²) in [6.07, 6.45) is 1.83. The molecule has 0 saturated carbocycles. The molecule has 0 spiro atoms. The number of ether oxygens (including phenoxy) is 1. The third-order valence-corrected chi connectivity index (χ3v) is 8.22. The molecule has 43 heavy (non-hydrogen) atoms. The van der Waals surface area contributed by atoms with Crippen LogP contribution in [0.5, 0.6) is 11.5 Å². The van der Waals surface area contributed by atoms with Crippen LogP contribution in [-0.2, 0) is 7.05 Å². The van der Waals surface area contributed by atoms with Crippen molar-refractivity contribution in [1.82, 2.24) is 19.1 Å². The van der Waals surface area contributed by atoms with Crippen LogP contribution in [-0.4, -0.2) is 19.1 Å². The Hall–Kier alpha value is -5.88. The molecule has 0 N–H and O–H groups in total. The summed E-state index contributed by atoms with van der Waals surface area (Å²) in [5.74, 6) is 2.36. The maximum Gasteiger partial charge on any atom is 0.160 e. The van der Waals surface area contributed by atoms with Crippen LogP contribution in [0.15, 0.2) is 132 Å². The maximum absolute atomic E-state index is 6.48. The maximum atomic E-state index is 6.48. The summed E-state index contributed by atoms with van der Waals surface area (Å²) in [6, 6.07) is 40.9. The van der Waals surface area contributed by atoms with Crippen LogP contribution < -0.4 is 4.74 Å². The van der Waals surface area contributed by atoms with Gasteiger partial charge in [-0.2, -0.15) is 0 Å². The summed E-state index contributed by atoms with van der Waals surface area (Å²) in [5.41, 5.74) is 7.56. The van der Waals surface area contributed by atoms with Crippen molar-refractivity contribution in [1.29, 1.82) is 0 Å². The Morgan fingerprint density at radius 3 is 2.40 bits per heavy atom. The molecule has 0 unspecified atom stereocenters. The van der Waals surface area contributed by atoms with Crippen molar-refractivity contribution in [2.75, 3.05) is 0 Å². The zero-order valence-corrected chi connectivity index (χ0v) is 23.2. The summed E-state index contributed by atoms with van der Waals surface area (Å²) in [5, 5.41) is 4.34. The lowest BCUT2D eigenvalue weighted by atomic mass is 10.1. The second-order valence-electron chi connectivity index (χ2n) is 10.8. The average Bonchev–Trinajstić information content (AvgIpc) is 3.71. The van der Waals surface area contributed by atoms with E-state index in [9.17, 15) is 0 Å². The second kappa shape index (κ2) is 9.06. The monoisotopic (exact) mass is 556 g/mol. The first-order valence-corrected chi connectivity index (χ1v) is 14.2. The van der Waals surface area contributed by atoms with Crippen molar-refractivity contribution >= 4 is 54.9 Å². The van der Waals surface area contributed by atoms with Crippen molar-refractivity contribution in [3.8, 4) is 28.6 Å². The SMILES string of the molecule is Cn1c(-c2cccc(Oc3cccc(-n4c5ncccc5c5ccc6c7ccccc7oc6c54)c3)c2)nc2ccccc21. The highest BCUT2D eigenvalue weighted by molar-refractivity contribution is 6.20. The van der Waals surface area contributed by atoms with E-state index in [1.54, 1.807) is 0 Å². The summed E-state index contributed by atoms with van der Waals surface area (Å²) >= 11 is 0. The fraction of sp³-hybridized carbons (Fsp3) is 0.0270. The molecule has 5 aromatic carbocycles. The molecular formula is C37H24N4O2. The molecule has 0 amide bonds. The number of imidazole rings is 1. The van der Waals surface area contributed by atoms with Gasteiger partial charge in [0.05, 0.1) is 22.2 Å². The lowest BCUT2D eigenvalue weighted by Crippen LogP contribution is -1.96. The molecule has 0 fully saturated rings. The molecule has 0 radical (unpaired) electrons. The van der Waals surface area contributed by atoms with E-state index in [1.165, 1.54) is 0 Å². The molecule has 0 saturated heterocycles. The predicted octanol–water partition coefficient (Wildman–Crippen LogP) is 9.42. The first-order valence-electron chi connectivity index (χ1n) is 14.2. The van der Waals surface area contributed by atoms with Crippen molar-refractivity contribution in [2.24, 2.45) is 7.05 Å². The number of para-hydroxylation sites is 3. The standard InChI is InChI=1S/C37H24N4O2/c1-40-32-16-4-3-15-31(32)39-36(40)23-9-6-11-25(21-23)42-26-12-7-10-24(22-26)41-34-28(30-14-8-20-38-37(30)41)18-19-29-27-13-2-5-17-33(27)43-35(29)34/h2-22H,1H3. The number of benzene rings is 5. The Labute approximate surface area is 246 Å². The Balaban J connectivity index is 1.18. The van der Waals surface area contributed by atoms with Crippen LogP contribution in [0.25, 0.3) is 72.0 Å². The fourth-order valence-corrected chi connectivity index (χ4v) is 6.28. The lowest BCUT2D eigenvalue weighted by molar-refractivity contribution is 0.482. The summed E-state index contributed by atoms with van der Waals surface area (Å²) in [4.78, 5) is 9.68. The third kappa shape index (κ3) is 3.60. The van der Waals surface area contributed by atoms with E-state index in [2.05, 4.69) is 57.7 Å². The molecule has 4 aromatic heterocycles. The third-order valence-electron chi connectivity index (χ3n) is 8.22. The van der Waals surface area contributed by atoms with E-state index in [4.69, 9.17) is 19.1 Å². The van der Waals surface area contributed by atoms with Gasteiger partial charge in [0.2, 0.25) is 0 Å². The number of fused-ring (bicyclic) bond motifs is 8. The largest absolute Gasteiger partial charge is 0.457 e. The highest BCUT2D eigenvalue weighted by Crippen LogP contribution is 2.40. The van der Waals surface area contributed by atoms with Crippen molar-refractivity contribution in [3.05, 3.63) is 128 Å². The number of furan rings is 1. The molecule has 0 aliphatic heterocycles. The molecular weight excluding hydrogens is 532 g/mol. The van der Waals surface area contributed by atoms with Crippen LogP contribution in [0, 0.1) is 0 Å². The summed E-state index contributed by atoms with van der Waals surface area (Å²) < 4.78 is 17.2. The minimum Gasteiger partial charge on any atom is -0.457 e. The van der Waals surface area contributed by atoms with Gasteiger partial charge in [-0.15, -0.1) is 0 Å². The minimum absolute atomic E-state index is 0.724. The summed E-state index contributed by atoms with van der Waals surface area (Å²) in [6.45, 7) is 0. The number of pyridine rings is 1. The summed E-state index contributed by atoms with van der Waals surface area (Å²) in [7, 11) is 2.04. The smallest absolute Gasteiger partial charge is 0.160 e. The topological polar surface area (TPSA) is 58.0 Å². The highest BCUT2D eigenvalue weighted by atomic mass is 16.5. The Kier molecular flexibility index (Phi) is 5.01. The Morgan fingerprint density at radius 1 is 0.674 bits per heavy atom. The van der Waals surface area contributed by atoms with Crippen molar-refractivity contribution in [2.45, 2.75) is 0 Å². The van der Waals surface area contributed by atoms with E-state index in [-0.39, 0.29) is 0 Å². The molecule has 9 aromatic rings. The van der Waals surface area contributed by atoms with Crippen LogP contribution in [0.4, 0.5) is 0 Å². The van der Waals surface area contributed by atoms with Gasteiger partial charge in [0, 0.05) is 46.4 Å². The van der Waals surface area contributed by atoms with Gasteiger partial charge in [-0.1, -0.05) is 54.6 Å².